The van der Waals surface area contributed by atoms with Gasteiger partial charge < -0.3 is 14.7 Å². The number of piperidine rings is 1. The van der Waals surface area contributed by atoms with Crippen LogP contribution in [0.1, 0.15) is 23.7 Å². The lowest BCUT2D eigenvalue weighted by molar-refractivity contribution is 0.0525. The first-order chi connectivity index (χ1) is 15.9. The molecule has 172 valence electrons. The Morgan fingerprint density at radius 3 is 2.64 bits per heavy atom. The van der Waals surface area contributed by atoms with Crippen molar-refractivity contribution in [3.8, 4) is 0 Å². The fourth-order valence-corrected chi connectivity index (χ4v) is 4.53. The minimum atomic E-state index is -3.78. The summed E-state index contributed by atoms with van der Waals surface area (Å²) >= 11 is 0. The minimum absolute atomic E-state index is 0.153. The molecule has 0 saturated carbocycles. The average Bonchev–Trinajstić information content (AvgIpc) is 2.83. The van der Waals surface area contributed by atoms with Crippen LogP contribution in [0.15, 0.2) is 71.5 Å². The van der Waals surface area contributed by atoms with Crippen LogP contribution in [0.25, 0.3) is 10.8 Å². The number of hydrogen-bond donors (Lipinski definition) is 2. The molecule has 0 spiro atoms. The summed E-state index contributed by atoms with van der Waals surface area (Å²) in [7, 11) is -3.78. The van der Waals surface area contributed by atoms with Crippen molar-refractivity contribution < 1.29 is 23.1 Å². The van der Waals surface area contributed by atoms with Crippen molar-refractivity contribution in [2.45, 2.75) is 24.3 Å². The highest BCUT2D eigenvalue weighted by Crippen LogP contribution is 2.22. The highest BCUT2D eigenvalue weighted by Gasteiger charge is 2.25. The SMILES string of the molecule is CCOC(=O)c1cnc(N2CC/C(=C\NS(=O)(=O)c3ccc4ccccc4c3)[C@H](O)C2)nc1. The van der Waals surface area contributed by atoms with Gasteiger partial charge in [0.2, 0.25) is 5.95 Å². The van der Waals surface area contributed by atoms with Gasteiger partial charge in [0.25, 0.3) is 10.0 Å². The smallest absolute Gasteiger partial charge is 0.341 e. The zero-order valence-corrected chi connectivity index (χ0v) is 18.8. The zero-order chi connectivity index (χ0) is 23.4. The van der Waals surface area contributed by atoms with E-state index in [9.17, 15) is 18.3 Å². The van der Waals surface area contributed by atoms with E-state index >= 15 is 0 Å². The second kappa shape index (κ2) is 9.55. The number of benzene rings is 2. The molecule has 0 amide bonds. The standard InChI is InChI=1S/C23H24N4O5S/c1-2-32-22(29)19-12-24-23(25-13-19)27-10-9-18(21(28)15-27)14-26-33(30,31)20-8-7-16-5-3-4-6-17(16)11-20/h3-8,11-14,21,26,28H,2,9-10,15H2,1H3/b18-14+/t21-/m1/s1. The van der Waals surface area contributed by atoms with E-state index in [1.807, 2.05) is 24.3 Å². The highest BCUT2D eigenvalue weighted by atomic mass is 32.2. The molecule has 0 aliphatic carbocycles. The third-order valence-corrected chi connectivity index (χ3v) is 6.66. The Balaban J connectivity index is 1.42. The van der Waals surface area contributed by atoms with Crippen LogP contribution in [0.4, 0.5) is 5.95 Å². The van der Waals surface area contributed by atoms with E-state index in [0.29, 0.717) is 24.5 Å². The monoisotopic (exact) mass is 468 g/mol. The van der Waals surface area contributed by atoms with Crippen molar-refractivity contribution in [2.24, 2.45) is 0 Å². The van der Waals surface area contributed by atoms with Gasteiger partial charge in [-0.25, -0.2) is 23.2 Å². The van der Waals surface area contributed by atoms with Crippen molar-refractivity contribution in [3.63, 3.8) is 0 Å². The molecular formula is C23H24N4O5S. The highest BCUT2D eigenvalue weighted by molar-refractivity contribution is 7.89. The quantitative estimate of drug-likeness (QED) is 0.528. The summed E-state index contributed by atoms with van der Waals surface area (Å²) in [6.45, 7) is 2.66. The van der Waals surface area contributed by atoms with Crippen molar-refractivity contribution in [3.05, 3.63) is 72.2 Å². The number of hydrogen-bond acceptors (Lipinski definition) is 8. The summed E-state index contributed by atoms with van der Waals surface area (Å²) in [5.74, 6) is -0.121. The van der Waals surface area contributed by atoms with Gasteiger partial charge in [-0.15, -0.1) is 0 Å². The van der Waals surface area contributed by atoms with Crippen molar-refractivity contribution in [1.82, 2.24) is 14.7 Å². The number of aliphatic hydroxyl groups is 1. The first kappa shape index (κ1) is 22.7. The summed E-state index contributed by atoms with van der Waals surface area (Å²) < 4.78 is 32.9. The average molecular weight is 469 g/mol. The van der Waals surface area contributed by atoms with Gasteiger partial charge in [-0.05, 0) is 41.8 Å². The zero-order valence-electron chi connectivity index (χ0n) is 18.0. The van der Waals surface area contributed by atoms with E-state index in [1.165, 1.54) is 18.6 Å². The maximum Gasteiger partial charge on any atom is 0.341 e. The summed E-state index contributed by atoms with van der Waals surface area (Å²) in [5, 5.41) is 12.3. The van der Waals surface area contributed by atoms with E-state index in [-0.39, 0.29) is 23.6 Å². The number of sulfonamides is 1. The molecule has 1 aromatic heterocycles. The molecule has 2 aromatic carbocycles. The Hall–Kier alpha value is -3.50. The van der Waals surface area contributed by atoms with Gasteiger partial charge in [-0.3, -0.25) is 4.72 Å². The number of rotatable bonds is 6. The predicted octanol–water partition coefficient (Wildman–Crippen LogP) is 2.24. The van der Waals surface area contributed by atoms with Crippen LogP contribution in [-0.2, 0) is 14.8 Å². The van der Waals surface area contributed by atoms with Crippen molar-refractivity contribution in [2.75, 3.05) is 24.6 Å². The Labute approximate surface area is 191 Å². The maximum atomic E-state index is 12.7. The molecule has 0 radical (unpaired) electrons. The van der Waals surface area contributed by atoms with Gasteiger partial charge in [-0.2, -0.15) is 0 Å². The van der Waals surface area contributed by atoms with E-state index < -0.39 is 22.1 Å². The first-order valence-electron chi connectivity index (χ1n) is 10.5. The molecule has 2 N–H and O–H groups in total. The Morgan fingerprint density at radius 1 is 1.21 bits per heavy atom. The van der Waals surface area contributed by atoms with E-state index in [4.69, 9.17) is 4.74 Å². The van der Waals surface area contributed by atoms with Gasteiger partial charge >= 0.3 is 5.97 Å². The number of carbonyl (C=O) groups excluding carboxylic acids is 1. The van der Waals surface area contributed by atoms with Crippen LogP contribution in [0.3, 0.4) is 0 Å². The minimum Gasteiger partial charge on any atom is -0.462 e. The number of aromatic nitrogens is 2. The van der Waals surface area contributed by atoms with Gasteiger partial charge in [0, 0.05) is 25.1 Å². The maximum absolute atomic E-state index is 12.7. The molecule has 0 bridgehead atoms. The number of carbonyl (C=O) groups is 1. The van der Waals surface area contributed by atoms with Crippen LogP contribution in [0.2, 0.25) is 0 Å². The molecule has 1 aliphatic rings. The van der Waals surface area contributed by atoms with Crippen molar-refractivity contribution >= 4 is 32.7 Å². The molecule has 33 heavy (non-hydrogen) atoms. The molecular weight excluding hydrogens is 444 g/mol. The molecule has 1 atom stereocenters. The lowest BCUT2D eigenvalue weighted by atomic mass is 10.0. The van der Waals surface area contributed by atoms with E-state index in [2.05, 4.69) is 14.7 Å². The number of aliphatic hydroxyl groups excluding tert-OH is 1. The molecule has 9 nitrogen and oxygen atoms in total. The Bertz CT molecular complexity index is 1290. The summed E-state index contributed by atoms with van der Waals surface area (Å²) in [4.78, 5) is 22.0. The number of esters is 1. The Morgan fingerprint density at radius 2 is 1.94 bits per heavy atom. The third-order valence-electron chi connectivity index (χ3n) is 5.35. The molecule has 1 fully saturated rings. The first-order valence-corrected chi connectivity index (χ1v) is 12.0. The summed E-state index contributed by atoms with van der Waals surface area (Å²) in [5.41, 5.74) is 0.820. The Kier molecular flexibility index (Phi) is 6.57. The number of anilines is 1. The molecule has 3 aromatic rings. The third kappa shape index (κ3) is 5.12. The molecule has 2 heterocycles. The summed E-state index contributed by atoms with van der Waals surface area (Å²) in [6, 6.07) is 12.5. The van der Waals surface area contributed by atoms with Crippen LogP contribution in [0, 0.1) is 0 Å². The second-order valence-electron chi connectivity index (χ2n) is 7.55. The number of ether oxygens (including phenoxy) is 1. The van der Waals surface area contributed by atoms with Crippen LogP contribution in [-0.4, -0.2) is 55.3 Å². The normalized spacial score (nSPS) is 17.8. The lowest BCUT2D eigenvalue weighted by Crippen LogP contribution is -2.41. The molecule has 0 unspecified atom stereocenters. The summed E-state index contributed by atoms with van der Waals surface area (Å²) in [6.07, 6.45) is 3.65. The molecule has 1 aliphatic heterocycles. The second-order valence-corrected chi connectivity index (χ2v) is 9.27. The van der Waals surface area contributed by atoms with Crippen LogP contribution >= 0.6 is 0 Å². The molecule has 1 saturated heterocycles. The number of fused-ring (bicyclic) bond motifs is 1. The number of nitrogens with one attached hydrogen (secondary N) is 1. The predicted molar refractivity (Wildman–Crippen MR) is 123 cm³/mol. The van der Waals surface area contributed by atoms with Crippen LogP contribution in [0.5, 0.6) is 0 Å². The molecule has 4 rings (SSSR count). The largest absolute Gasteiger partial charge is 0.462 e. The van der Waals surface area contributed by atoms with Gasteiger partial charge in [-0.1, -0.05) is 30.3 Å². The van der Waals surface area contributed by atoms with Crippen molar-refractivity contribution in [1.29, 1.82) is 0 Å². The van der Waals surface area contributed by atoms with Gasteiger partial charge in [0.1, 0.15) is 0 Å². The van der Waals surface area contributed by atoms with E-state index in [0.717, 1.165) is 10.8 Å². The topological polar surface area (TPSA) is 122 Å². The number of nitrogens with zero attached hydrogens (tertiary/aromatic N) is 3. The van der Waals surface area contributed by atoms with E-state index in [1.54, 1.807) is 30.0 Å². The van der Waals surface area contributed by atoms with Crippen LogP contribution < -0.4 is 9.62 Å². The fraction of sp³-hybridized carbons (Fsp3) is 0.261. The van der Waals surface area contributed by atoms with Gasteiger partial charge in [0.15, 0.2) is 0 Å². The fourth-order valence-electron chi connectivity index (χ4n) is 3.56. The lowest BCUT2D eigenvalue weighted by Gasteiger charge is -2.32. The molecule has 10 heteroatoms. The number of β-amino-alcohol motifs (C(OH)–C–C–N with tert-alkyl or cyclic N) is 1. The van der Waals surface area contributed by atoms with Gasteiger partial charge in [0.05, 0.1) is 29.7 Å².